The van der Waals surface area contributed by atoms with Crippen molar-refractivity contribution in [2.24, 2.45) is 0 Å². The highest BCUT2D eigenvalue weighted by molar-refractivity contribution is 5.58. The maximum absolute atomic E-state index is 5.89. The van der Waals surface area contributed by atoms with Crippen LogP contribution in [-0.2, 0) is 19.5 Å². The molecule has 0 saturated heterocycles. The average molecular weight is 280 g/mol. The lowest BCUT2D eigenvalue weighted by Gasteiger charge is -2.28. The van der Waals surface area contributed by atoms with Crippen molar-refractivity contribution in [3.8, 4) is 5.75 Å². The minimum absolute atomic E-state index is 0.749. The van der Waals surface area contributed by atoms with Crippen molar-refractivity contribution in [2.45, 2.75) is 19.5 Å². The summed E-state index contributed by atoms with van der Waals surface area (Å²) >= 11 is 0. The Labute approximate surface area is 125 Å². The van der Waals surface area contributed by atoms with E-state index in [-0.39, 0.29) is 0 Å². The molecule has 0 atom stereocenters. The Hall–Kier alpha value is -2.00. The van der Waals surface area contributed by atoms with Gasteiger partial charge in [-0.3, -0.25) is 0 Å². The zero-order valence-corrected chi connectivity index (χ0v) is 12.1. The van der Waals surface area contributed by atoms with Crippen molar-refractivity contribution in [1.82, 2.24) is 5.32 Å². The second-order valence-electron chi connectivity index (χ2n) is 5.72. The number of rotatable bonds is 1. The molecule has 0 spiro atoms. The van der Waals surface area contributed by atoms with Crippen LogP contribution in [0.5, 0.6) is 5.75 Å². The summed E-state index contributed by atoms with van der Waals surface area (Å²) in [5.41, 5.74) is 5.61. The minimum Gasteiger partial charge on any atom is -0.491 e. The van der Waals surface area contributed by atoms with Gasteiger partial charge in [0.2, 0.25) is 0 Å². The molecule has 2 aliphatic heterocycles. The third-order valence-corrected chi connectivity index (χ3v) is 4.41. The van der Waals surface area contributed by atoms with Gasteiger partial charge < -0.3 is 15.0 Å². The van der Waals surface area contributed by atoms with Crippen molar-refractivity contribution in [3.63, 3.8) is 0 Å². The molecular weight excluding hydrogens is 260 g/mol. The van der Waals surface area contributed by atoms with Gasteiger partial charge in [-0.05, 0) is 36.2 Å². The molecule has 0 saturated carbocycles. The van der Waals surface area contributed by atoms with Gasteiger partial charge in [-0.15, -0.1) is 0 Å². The number of nitrogens with one attached hydrogen (secondary N) is 1. The summed E-state index contributed by atoms with van der Waals surface area (Å²) < 4.78 is 5.89. The summed E-state index contributed by atoms with van der Waals surface area (Å²) in [4.78, 5) is 2.47. The van der Waals surface area contributed by atoms with Gasteiger partial charge in [-0.2, -0.15) is 0 Å². The third kappa shape index (κ3) is 2.38. The van der Waals surface area contributed by atoms with E-state index in [0.29, 0.717) is 0 Å². The van der Waals surface area contributed by atoms with Crippen molar-refractivity contribution >= 4 is 5.69 Å². The SMILES string of the molecule is c1ccc2c(c1)CN(c1cccc3c1CCNC3)CCO2. The van der Waals surface area contributed by atoms with Crippen LogP contribution in [0.3, 0.4) is 0 Å². The lowest BCUT2D eigenvalue weighted by molar-refractivity contribution is 0.331. The van der Waals surface area contributed by atoms with E-state index in [1.165, 1.54) is 22.4 Å². The molecule has 0 bridgehead atoms. The van der Waals surface area contributed by atoms with E-state index in [4.69, 9.17) is 4.74 Å². The Bertz CT molecular complexity index is 653. The highest BCUT2D eigenvalue weighted by Crippen LogP contribution is 2.31. The summed E-state index contributed by atoms with van der Waals surface area (Å²) in [6.07, 6.45) is 1.12. The molecule has 0 aromatic heterocycles. The van der Waals surface area contributed by atoms with Crippen LogP contribution in [0, 0.1) is 0 Å². The lowest BCUT2D eigenvalue weighted by atomic mass is 9.98. The van der Waals surface area contributed by atoms with Crippen LogP contribution in [-0.4, -0.2) is 19.7 Å². The number of fused-ring (bicyclic) bond motifs is 2. The third-order valence-electron chi connectivity index (χ3n) is 4.41. The van der Waals surface area contributed by atoms with Gasteiger partial charge in [-0.25, -0.2) is 0 Å². The van der Waals surface area contributed by atoms with Gasteiger partial charge in [0.1, 0.15) is 12.4 Å². The molecule has 2 aromatic carbocycles. The number of nitrogens with zero attached hydrogens (tertiary/aromatic N) is 1. The molecule has 2 aliphatic rings. The van der Waals surface area contributed by atoms with Gasteiger partial charge in [-0.1, -0.05) is 30.3 Å². The lowest BCUT2D eigenvalue weighted by Crippen LogP contribution is -2.30. The molecule has 3 heteroatoms. The van der Waals surface area contributed by atoms with Crippen LogP contribution in [0.4, 0.5) is 5.69 Å². The number of hydrogen-bond donors (Lipinski definition) is 1. The van der Waals surface area contributed by atoms with Gasteiger partial charge in [0.05, 0.1) is 6.54 Å². The molecule has 0 amide bonds. The monoisotopic (exact) mass is 280 g/mol. The van der Waals surface area contributed by atoms with Gasteiger partial charge in [0.25, 0.3) is 0 Å². The summed E-state index contributed by atoms with van der Waals surface area (Å²) in [7, 11) is 0. The van der Waals surface area contributed by atoms with E-state index in [1.54, 1.807) is 0 Å². The quantitative estimate of drug-likeness (QED) is 0.869. The maximum Gasteiger partial charge on any atom is 0.124 e. The van der Waals surface area contributed by atoms with Crippen LogP contribution >= 0.6 is 0 Å². The Morgan fingerprint density at radius 1 is 1.00 bits per heavy atom. The smallest absolute Gasteiger partial charge is 0.124 e. The topological polar surface area (TPSA) is 24.5 Å². The summed E-state index contributed by atoms with van der Waals surface area (Å²) in [6, 6.07) is 15.1. The van der Waals surface area contributed by atoms with Crippen LogP contribution < -0.4 is 15.0 Å². The van der Waals surface area contributed by atoms with E-state index in [1.807, 2.05) is 6.07 Å². The predicted molar refractivity (Wildman–Crippen MR) is 84.8 cm³/mol. The van der Waals surface area contributed by atoms with Gasteiger partial charge in [0, 0.05) is 24.3 Å². The normalized spacial score (nSPS) is 17.4. The minimum atomic E-state index is 0.749. The Morgan fingerprint density at radius 2 is 1.90 bits per heavy atom. The fraction of sp³-hybridized carbons (Fsp3) is 0.333. The zero-order chi connectivity index (χ0) is 14.1. The second kappa shape index (κ2) is 5.41. The molecule has 0 unspecified atom stereocenters. The van der Waals surface area contributed by atoms with Crippen LogP contribution in [0.15, 0.2) is 42.5 Å². The number of hydrogen-bond acceptors (Lipinski definition) is 3. The van der Waals surface area contributed by atoms with Crippen molar-refractivity contribution in [3.05, 3.63) is 59.2 Å². The standard InChI is InChI=1S/C18H20N2O/c1-2-7-18-15(4-1)13-20(10-11-21-18)17-6-3-5-14-12-19-9-8-16(14)17/h1-7,19H,8-13H2. The zero-order valence-electron chi connectivity index (χ0n) is 12.1. The van der Waals surface area contributed by atoms with E-state index in [2.05, 4.69) is 46.6 Å². The summed E-state index contributed by atoms with van der Waals surface area (Å²) in [5.74, 6) is 1.03. The molecule has 0 radical (unpaired) electrons. The molecule has 21 heavy (non-hydrogen) atoms. The van der Waals surface area contributed by atoms with E-state index >= 15 is 0 Å². The Balaban J connectivity index is 1.71. The first kappa shape index (κ1) is 12.7. The molecule has 0 fully saturated rings. The Kier molecular flexibility index (Phi) is 3.28. The molecule has 0 aliphatic carbocycles. The van der Waals surface area contributed by atoms with E-state index in [0.717, 1.165) is 45.0 Å². The Morgan fingerprint density at radius 3 is 2.90 bits per heavy atom. The van der Waals surface area contributed by atoms with E-state index < -0.39 is 0 Å². The van der Waals surface area contributed by atoms with Crippen LogP contribution in [0.25, 0.3) is 0 Å². The molecule has 3 nitrogen and oxygen atoms in total. The van der Waals surface area contributed by atoms with Crippen LogP contribution in [0.2, 0.25) is 0 Å². The molecule has 108 valence electrons. The van der Waals surface area contributed by atoms with E-state index in [9.17, 15) is 0 Å². The first-order valence-corrected chi connectivity index (χ1v) is 7.69. The number of ether oxygens (including phenoxy) is 1. The molecule has 1 N–H and O–H groups in total. The second-order valence-corrected chi connectivity index (χ2v) is 5.72. The van der Waals surface area contributed by atoms with Crippen molar-refractivity contribution < 1.29 is 4.74 Å². The molecule has 4 rings (SSSR count). The number of benzene rings is 2. The van der Waals surface area contributed by atoms with Gasteiger partial charge >= 0.3 is 0 Å². The fourth-order valence-corrected chi connectivity index (χ4v) is 3.34. The summed E-state index contributed by atoms with van der Waals surface area (Å²) in [5, 5.41) is 3.46. The van der Waals surface area contributed by atoms with Crippen molar-refractivity contribution in [2.75, 3.05) is 24.6 Å². The average Bonchev–Trinajstić information content (AvgIpc) is 2.76. The highest BCUT2D eigenvalue weighted by Gasteiger charge is 2.20. The highest BCUT2D eigenvalue weighted by atomic mass is 16.5. The number of anilines is 1. The first-order chi connectivity index (χ1) is 10.4. The molecule has 2 aromatic rings. The van der Waals surface area contributed by atoms with Crippen molar-refractivity contribution in [1.29, 1.82) is 0 Å². The largest absolute Gasteiger partial charge is 0.491 e. The molecular formula is C18H20N2O. The number of para-hydroxylation sites is 1. The predicted octanol–water partition coefficient (Wildman–Crippen LogP) is 2.73. The maximum atomic E-state index is 5.89. The molecule has 2 heterocycles. The van der Waals surface area contributed by atoms with Gasteiger partial charge in [0.15, 0.2) is 0 Å². The summed E-state index contributed by atoms with van der Waals surface area (Å²) in [6.45, 7) is 4.69. The van der Waals surface area contributed by atoms with Crippen LogP contribution in [0.1, 0.15) is 16.7 Å². The first-order valence-electron chi connectivity index (χ1n) is 7.69. The fourth-order valence-electron chi connectivity index (χ4n) is 3.34.